The van der Waals surface area contributed by atoms with E-state index in [1.807, 2.05) is 30.8 Å². The molecule has 0 radical (unpaired) electrons. The summed E-state index contributed by atoms with van der Waals surface area (Å²) >= 11 is 0. The van der Waals surface area contributed by atoms with Crippen LogP contribution in [-0.2, 0) is 13.6 Å². The Morgan fingerprint density at radius 1 is 1.28 bits per heavy atom. The minimum atomic E-state index is 0.400. The molecule has 3 aromatic rings. The third-order valence-corrected chi connectivity index (χ3v) is 5.24. The van der Waals surface area contributed by atoms with E-state index < -0.39 is 0 Å². The molecule has 0 saturated carbocycles. The van der Waals surface area contributed by atoms with Crippen molar-refractivity contribution < 1.29 is 8.83 Å². The summed E-state index contributed by atoms with van der Waals surface area (Å²) in [5, 5.41) is 4.60. The van der Waals surface area contributed by atoms with Gasteiger partial charge in [-0.2, -0.15) is 5.10 Å². The molecule has 1 fully saturated rings. The Balaban J connectivity index is 1.60. The van der Waals surface area contributed by atoms with Crippen molar-refractivity contribution in [1.82, 2.24) is 19.7 Å². The Morgan fingerprint density at radius 3 is 2.80 bits per heavy atom. The van der Waals surface area contributed by atoms with Gasteiger partial charge in [-0.05, 0) is 52.3 Å². The predicted octanol–water partition coefficient (Wildman–Crippen LogP) is 3.93. The quantitative estimate of drug-likeness (QED) is 0.720. The van der Waals surface area contributed by atoms with E-state index in [9.17, 15) is 0 Å². The smallest absolute Gasteiger partial charge is 0.263 e. The highest BCUT2D eigenvalue weighted by Crippen LogP contribution is 2.37. The highest BCUT2D eigenvalue weighted by Gasteiger charge is 2.31. The van der Waals surface area contributed by atoms with Crippen LogP contribution in [0.2, 0.25) is 0 Å². The summed E-state index contributed by atoms with van der Waals surface area (Å²) in [6.45, 7) is 8.09. The Hall–Kier alpha value is -2.34. The van der Waals surface area contributed by atoms with Gasteiger partial charge in [0.05, 0.1) is 17.7 Å². The molecule has 1 aliphatic rings. The SMILES string of the molecule is Cc1nn(C)c(C)c1[C@H]1CCCN1Cc1nc(-c2ccco2)oc1C. The molecular weight excluding hydrogens is 316 g/mol. The van der Waals surface area contributed by atoms with E-state index in [0.717, 1.165) is 36.7 Å². The highest BCUT2D eigenvalue weighted by atomic mass is 16.4. The molecule has 6 nitrogen and oxygen atoms in total. The summed E-state index contributed by atoms with van der Waals surface area (Å²) in [6.07, 6.45) is 3.99. The third kappa shape index (κ3) is 2.80. The molecule has 3 aromatic heterocycles. The van der Waals surface area contributed by atoms with Crippen LogP contribution < -0.4 is 0 Å². The second-order valence-electron chi connectivity index (χ2n) is 6.84. The van der Waals surface area contributed by atoms with Crippen molar-refractivity contribution in [3.63, 3.8) is 0 Å². The molecule has 0 N–H and O–H groups in total. The van der Waals surface area contributed by atoms with Gasteiger partial charge >= 0.3 is 0 Å². The van der Waals surface area contributed by atoms with Crippen molar-refractivity contribution in [2.45, 2.75) is 46.2 Å². The Kier molecular flexibility index (Phi) is 4.00. The normalized spacial score (nSPS) is 18.3. The average Bonchev–Trinajstić information content (AvgIpc) is 3.32. The van der Waals surface area contributed by atoms with E-state index in [4.69, 9.17) is 8.83 Å². The van der Waals surface area contributed by atoms with Crippen LogP contribution in [0.25, 0.3) is 11.7 Å². The van der Waals surface area contributed by atoms with Crippen molar-refractivity contribution in [2.75, 3.05) is 6.54 Å². The monoisotopic (exact) mass is 340 g/mol. The standard InChI is InChI=1S/C19H24N4O2/c1-12-18(13(2)22(4)21-12)16-7-5-9-23(16)11-15-14(3)25-19(20-15)17-8-6-10-24-17/h6,8,10,16H,5,7,9,11H2,1-4H3/t16-/m1/s1. The highest BCUT2D eigenvalue weighted by molar-refractivity contribution is 5.44. The molecule has 0 aliphatic carbocycles. The second kappa shape index (κ2) is 6.19. The molecule has 1 saturated heterocycles. The molecule has 4 rings (SSSR count). The lowest BCUT2D eigenvalue weighted by atomic mass is 10.0. The predicted molar refractivity (Wildman–Crippen MR) is 94.0 cm³/mol. The van der Waals surface area contributed by atoms with Gasteiger partial charge in [-0.15, -0.1) is 0 Å². The van der Waals surface area contributed by atoms with Gasteiger partial charge in [0, 0.05) is 30.9 Å². The fraction of sp³-hybridized carbons (Fsp3) is 0.474. The topological polar surface area (TPSA) is 60.2 Å². The van der Waals surface area contributed by atoms with Gasteiger partial charge in [0.15, 0.2) is 5.76 Å². The molecule has 132 valence electrons. The van der Waals surface area contributed by atoms with Crippen molar-refractivity contribution in [3.8, 4) is 11.7 Å². The second-order valence-corrected chi connectivity index (χ2v) is 6.84. The van der Waals surface area contributed by atoms with E-state index in [2.05, 4.69) is 28.8 Å². The Bertz CT molecular complexity index is 876. The van der Waals surface area contributed by atoms with E-state index in [1.54, 1.807) is 6.26 Å². The van der Waals surface area contributed by atoms with Crippen LogP contribution in [0.3, 0.4) is 0 Å². The number of aromatic nitrogens is 3. The first-order valence-electron chi connectivity index (χ1n) is 8.79. The van der Waals surface area contributed by atoms with Crippen LogP contribution in [0.5, 0.6) is 0 Å². The maximum Gasteiger partial charge on any atom is 0.263 e. The first-order chi connectivity index (χ1) is 12.0. The van der Waals surface area contributed by atoms with Gasteiger partial charge in [-0.25, -0.2) is 4.98 Å². The van der Waals surface area contributed by atoms with E-state index >= 15 is 0 Å². The van der Waals surface area contributed by atoms with Crippen LogP contribution in [0, 0.1) is 20.8 Å². The molecule has 0 unspecified atom stereocenters. The van der Waals surface area contributed by atoms with Gasteiger partial charge in [-0.1, -0.05) is 0 Å². The maximum atomic E-state index is 5.81. The van der Waals surface area contributed by atoms with E-state index in [1.165, 1.54) is 17.7 Å². The van der Waals surface area contributed by atoms with Crippen LogP contribution >= 0.6 is 0 Å². The number of rotatable bonds is 4. The van der Waals surface area contributed by atoms with Crippen LogP contribution in [-0.4, -0.2) is 26.2 Å². The number of hydrogen-bond donors (Lipinski definition) is 0. The van der Waals surface area contributed by atoms with Gasteiger partial charge in [0.25, 0.3) is 5.89 Å². The van der Waals surface area contributed by atoms with Gasteiger partial charge in [0.1, 0.15) is 5.76 Å². The number of furan rings is 1. The maximum absolute atomic E-state index is 5.81. The number of nitrogens with zero attached hydrogens (tertiary/aromatic N) is 4. The Morgan fingerprint density at radius 2 is 2.12 bits per heavy atom. The lowest BCUT2D eigenvalue weighted by molar-refractivity contribution is 0.243. The fourth-order valence-electron chi connectivity index (χ4n) is 3.89. The first kappa shape index (κ1) is 16.1. The minimum absolute atomic E-state index is 0.400. The summed E-state index contributed by atoms with van der Waals surface area (Å²) < 4.78 is 13.2. The molecule has 4 heterocycles. The average molecular weight is 340 g/mol. The molecule has 1 atom stereocenters. The molecule has 0 amide bonds. The summed E-state index contributed by atoms with van der Waals surface area (Å²) in [4.78, 5) is 7.16. The lowest BCUT2D eigenvalue weighted by Gasteiger charge is -2.24. The lowest BCUT2D eigenvalue weighted by Crippen LogP contribution is -2.24. The molecule has 25 heavy (non-hydrogen) atoms. The first-order valence-corrected chi connectivity index (χ1v) is 8.79. The summed E-state index contributed by atoms with van der Waals surface area (Å²) in [5.41, 5.74) is 4.73. The van der Waals surface area contributed by atoms with Crippen LogP contribution in [0.15, 0.2) is 27.2 Å². The largest absolute Gasteiger partial charge is 0.459 e. The Labute approximate surface area is 147 Å². The van der Waals surface area contributed by atoms with Crippen LogP contribution in [0.4, 0.5) is 0 Å². The van der Waals surface area contributed by atoms with Crippen molar-refractivity contribution in [3.05, 3.63) is 46.8 Å². The minimum Gasteiger partial charge on any atom is -0.459 e. The summed E-state index contributed by atoms with van der Waals surface area (Å²) in [7, 11) is 2.02. The third-order valence-electron chi connectivity index (χ3n) is 5.24. The zero-order valence-corrected chi connectivity index (χ0v) is 15.2. The van der Waals surface area contributed by atoms with E-state index in [0.29, 0.717) is 17.7 Å². The van der Waals surface area contributed by atoms with Crippen LogP contribution in [0.1, 0.15) is 47.3 Å². The zero-order chi connectivity index (χ0) is 17.6. The van der Waals surface area contributed by atoms with Crippen molar-refractivity contribution >= 4 is 0 Å². The molecule has 1 aliphatic heterocycles. The fourth-order valence-corrected chi connectivity index (χ4v) is 3.89. The number of hydrogen-bond acceptors (Lipinski definition) is 5. The van der Waals surface area contributed by atoms with Crippen molar-refractivity contribution in [1.29, 1.82) is 0 Å². The number of aryl methyl sites for hydroxylation is 3. The van der Waals surface area contributed by atoms with E-state index in [-0.39, 0.29) is 0 Å². The zero-order valence-electron chi connectivity index (χ0n) is 15.2. The molecule has 6 heteroatoms. The molecular formula is C19H24N4O2. The summed E-state index contributed by atoms with van der Waals surface area (Å²) in [6, 6.07) is 4.12. The summed E-state index contributed by atoms with van der Waals surface area (Å²) in [5.74, 6) is 2.09. The molecule has 0 spiro atoms. The number of oxazole rings is 1. The van der Waals surface area contributed by atoms with Crippen molar-refractivity contribution in [2.24, 2.45) is 7.05 Å². The number of likely N-dealkylation sites (tertiary alicyclic amines) is 1. The van der Waals surface area contributed by atoms with Gasteiger partial charge < -0.3 is 8.83 Å². The van der Waals surface area contributed by atoms with Gasteiger partial charge in [0.2, 0.25) is 0 Å². The molecule has 0 bridgehead atoms. The molecule has 0 aromatic carbocycles. The van der Waals surface area contributed by atoms with Gasteiger partial charge in [-0.3, -0.25) is 9.58 Å².